The highest BCUT2D eigenvalue weighted by molar-refractivity contribution is 5.82. The van der Waals surface area contributed by atoms with Crippen LogP contribution in [-0.4, -0.2) is 35.8 Å². The number of carbonyl (C=O) groups excluding carboxylic acids is 2. The quantitative estimate of drug-likeness (QED) is 0.847. The van der Waals surface area contributed by atoms with Crippen molar-refractivity contribution in [3.63, 3.8) is 0 Å². The lowest BCUT2D eigenvalue weighted by Gasteiger charge is -2.40. The van der Waals surface area contributed by atoms with Crippen molar-refractivity contribution in [3.8, 4) is 0 Å². The zero-order chi connectivity index (χ0) is 16.9. The Bertz CT molecular complexity index is 383. The third-order valence-electron chi connectivity index (χ3n) is 4.78. The zero-order valence-electron chi connectivity index (χ0n) is 15.2. The Morgan fingerprint density at radius 1 is 1.14 bits per heavy atom. The molecule has 0 bridgehead atoms. The number of amides is 2. The van der Waals surface area contributed by atoms with Crippen molar-refractivity contribution in [2.45, 2.75) is 73.3 Å². The van der Waals surface area contributed by atoms with E-state index in [2.05, 4.69) is 26.1 Å². The molecule has 4 nitrogen and oxygen atoms in total. The molecule has 1 aliphatic rings. The molecule has 1 heterocycles. The Labute approximate surface area is 136 Å². The topological polar surface area (TPSA) is 49.4 Å². The largest absolute Gasteiger partial charge is 0.351 e. The number of piperidine rings is 1. The van der Waals surface area contributed by atoms with Gasteiger partial charge in [0.05, 0.1) is 0 Å². The second-order valence-electron chi connectivity index (χ2n) is 7.69. The highest BCUT2D eigenvalue weighted by Crippen LogP contribution is 2.24. The summed E-state index contributed by atoms with van der Waals surface area (Å²) in [5, 5.41) is 3.15. The molecule has 2 amide bonds. The second kappa shape index (κ2) is 7.98. The second-order valence-corrected chi connectivity index (χ2v) is 7.69. The van der Waals surface area contributed by atoms with Crippen molar-refractivity contribution in [2.24, 2.45) is 17.3 Å². The van der Waals surface area contributed by atoms with Crippen LogP contribution < -0.4 is 5.32 Å². The molecule has 128 valence electrons. The number of likely N-dealkylation sites (tertiary alicyclic amines) is 1. The molecular formula is C18H34N2O2. The Kier molecular flexibility index (Phi) is 6.89. The van der Waals surface area contributed by atoms with Crippen LogP contribution in [0.4, 0.5) is 0 Å². The van der Waals surface area contributed by atoms with E-state index < -0.39 is 0 Å². The molecule has 0 aromatic carbocycles. The number of rotatable bonds is 5. The third kappa shape index (κ3) is 4.99. The monoisotopic (exact) mass is 310 g/mol. The van der Waals surface area contributed by atoms with Crippen molar-refractivity contribution in [3.05, 3.63) is 0 Å². The maximum absolute atomic E-state index is 12.7. The van der Waals surface area contributed by atoms with Gasteiger partial charge in [-0.3, -0.25) is 9.59 Å². The predicted molar refractivity (Wildman–Crippen MR) is 90.4 cm³/mol. The molecule has 0 saturated carbocycles. The van der Waals surface area contributed by atoms with Crippen LogP contribution in [0, 0.1) is 17.3 Å². The van der Waals surface area contributed by atoms with Crippen molar-refractivity contribution in [2.75, 3.05) is 13.1 Å². The van der Waals surface area contributed by atoms with Crippen LogP contribution in [0.1, 0.15) is 67.2 Å². The average Bonchev–Trinajstić information content (AvgIpc) is 2.46. The molecule has 1 fully saturated rings. The summed E-state index contributed by atoms with van der Waals surface area (Å²) in [4.78, 5) is 26.9. The van der Waals surface area contributed by atoms with E-state index >= 15 is 0 Å². The van der Waals surface area contributed by atoms with Crippen LogP contribution in [0.25, 0.3) is 0 Å². The third-order valence-corrected chi connectivity index (χ3v) is 4.78. The minimum atomic E-state index is -0.386. The number of hydrogen-bond acceptors (Lipinski definition) is 2. The van der Waals surface area contributed by atoms with E-state index in [1.165, 1.54) is 0 Å². The molecule has 2 atom stereocenters. The summed E-state index contributed by atoms with van der Waals surface area (Å²) in [5.74, 6) is 0.939. The maximum Gasteiger partial charge on any atom is 0.225 e. The standard InChI is InChI=1S/C18H34N2O2/c1-7-13-10-15(19-17(22)18(4,5)6)12-20(11-13)16(21)14(8-2)9-3/h13-15H,7-12H2,1-6H3,(H,19,22). The summed E-state index contributed by atoms with van der Waals surface area (Å²) in [6, 6.07) is 0.0868. The lowest BCUT2D eigenvalue weighted by molar-refractivity contribution is -0.139. The summed E-state index contributed by atoms with van der Waals surface area (Å²) in [7, 11) is 0. The van der Waals surface area contributed by atoms with Gasteiger partial charge in [0, 0.05) is 30.5 Å². The van der Waals surface area contributed by atoms with E-state index in [1.807, 2.05) is 25.7 Å². The molecule has 1 aliphatic heterocycles. The molecule has 2 unspecified atom stereocenters. The van der Waals surface area contributed by atoms with E-state index in [9.17, 15) is 9.59 Å². The van der Waals surface area contributed by atoms with Gasteiger partial charge in [-0.05, 0) is 25.2 Å². The van der Waals surface area contributed by atoms with Gasteiger partial charge in [0.2, 0.25) is 11.8 Å². The van der Waals surface area contributed by atoms with Crippen LogP contribution in [0.5, 0.6) is 0 Å². The molecule has 22 heavy (non-hydrogen) atoms. The first kappa shape index (κ1) is 19.0. The number of carbonyl (C=O) groups is 2. The van der Waals surface area contributed by atoms with Crippen LogP contribution in [0.15, 0.2) is 0 Å². The molecule has 4 heteroatoms. The highest BCUT2D eigenvalue weighted by Gasteiger charge is 2.33. The normalized spacial score (nSPS) is 22.8. The highest BCUT2D eigenvalue weighted by atomic mass is 16.2. The average molecular weight is 310 g/mol. The van der Waals surface area contributed by atoms with Gasteiger partial charge in [-0.25, -0.2) is 0 Å². The summed E-state index contributed by atoms with van der Waals surface area (Å²) in [6.45, 7) is 13.6. The van der Waals surface area contributed by atoms with Crippen molar-refractivity contribution in [1.29, 1.82) is 0 Å². The van der Waals surface area contributed by atoms with Crippen LogP contribution in [0.3, 0.4) is 0 Å². The van der Waals surface area contributed by atoms with E-state index in [1.54, 1.807) is 0 Å². The Balaban J connectivity index is 2.77. The Morgan fingerprint density at radius 3 is 2.18 bits per heavy atom. The van der Waals surface area contributed by atoms with Crippen molar-refractivity contribution < 1.29 is 9.59 Å². The molecule has 1 N–H and O–H groups in total. The summed E-state index contributed by atoms with van der Waals surface area (Å²) in [5.41, 5.74) is -0.386. The molecule has 0 aromatic heterocycles. The minimum absolute atomic E-state index is 0.0733. The van der Waals surface area contributed by atoms with Gasteiger partial charge in [0.15, 0.2) is 0 Å². The first-order valence-corrected chi connectivity index (χ1v) is 8.82. The molecular weight excluding hydrogens is 276 g/mol. The van der Waals surface area contributed by atoms with Gasteiger partial charge in [-0.1, -0.05) is 48.0 Å². The van der Waals surface area contributed by atoms with Crippen LogP contribution in [-0.2, 0) is 9.59 Å². The lowest BCUT2D eigenvalue weighted by atomic mass is 9.89. The molecule has 0 spiro atoms. The smallest absolute Gasteiger partial charge is 0.225 e. The fourth-order valence-corrected chi connectivity index (χ4v) is 3.08. The zero-order valence-corrected chi connectivity index (χ0v) is 15.2. The van der Waals surface area contributed by atoms with E-state index in [0.29, 0.717) is 12.5 Å². The van der Waals surface area contributed by atoms with E-state index in [4.69, 9.17) is 0 Å². The van der Waals surface area contributed by atoms with Crippen molar-refractivity contribution >= 4 is 11.8 Å². The first-order valence-electron chi connectivity index (χ1n) is 8.82. The maximum atomic E-state index is 12.7. The van der Waals surface area contributed by atoms with Gasteiger partial charge >= 0.3 is 0 Å². The van der Waals surface area contributed by atoms with Crippen LogP contribution >= 0.6 is 0 Å². The van der Waals surface area contributed by atoms with Gasteiger partial charge < -0.3 is 10.2 Å². The Hall–Kier alpha value is -1.06. The van der Waals surface area contributed by atoms with E-state index in [-0.39, 0.29) is 29.2 Å². The number of nitrogens with zero attached hydrogens (tertiary/aromatic N) is 1. The fourth-order valence-electron chi connectivity index (χ4n) is 3.08. The summed E-state index contributed by atoms with van der Waals surface area (Å²) >= 11 is 0. The van der Waals surface area contributed by atoms with Crippen molar-refractivity contribution in [1.82, 2.24) is 10.2 Å². The molecule has 0 aliphatic carbocycles. The van der Waals surface area contributed by atoms with Gasteiger partial charge in [-0.15, -0.1) is 0 Å². The summed E-state index contributed by atoms with van der Waals surface area (Å²) < 4.78 is 0. The molecule has 0 aromatic rings. The molecule has 1 saturated heterocycles. The lowest BCUT2D eigenvalue weighted by Crippen LogP contribution is -2.55. The van der Waals surface area contributed by atoms with Crippen LogP contribution in [0.2, 0.25) is 0 Å². The van der Waals surface area contributed by atoms with Gasteiger partial charge in [0.25, 0.3) is 0 Å². The molecule has 1 rings (SSSR count). The van der Waals surface area contributed by atoms with Gasteiger partial charge in [-0.2, -0.15) is 0 Å². The SMILES string of the molecule is CCC1CC(NC(=O)C(C)(C)C)CN(C(=O)C(CC)CC)C1. The summed E-state index contributed by atoms with van der Waals surface area (Å²) in [6.07, 6.45) is 3.81. The predicted octanol–water partition coefficient (Wildman–Crippen LogP) is 3.21. The first-order chi connectivity index (χ1) is 10.2. The number of nitrogens with one attached hydrogen (secondary N) is 1. The van der Waals surface area contributed by atoms with Gasteiger partial charge in [0.1, 0.15) is 0 Å². The fraction of sp³-hybridized carbons (Fsp3) is 0.889. The Morgan fingerprint density at radius 2 is 1.73 bits per heavy atom. The molecule has 0 radical (unpaired) electrons. The minimum Gasteiger partial charge on any atom is -0.351 e. The van der Waals surface area contributed by atoms with E-state index in [0.717, 1.165) is 32.2 Å². The number of hydrogen-bond donors (Lipinski definition) is 1.